The van der Waals surface area contributed by atoms with Gasteiger partial charge in [-0.15, -0.1) is 0 Å². The lowest BCUT2D eigenvalue weighted by molar-refractivity contribution is 0.317. The van der Waals surface area contributed by atoms with Crippen LogP contribution in [-0.2, 0) is 6.54 Å². The zero-order valence-corrected chi connectivity index (χ0v) is 13.1. The molecule has 2 N–H and O–H groups in total. The molecule has 112 valence electrons. The van der Waals surface area contributed by atoms with E-state index in [4.69, 9.17) is 4.74 Å². The highest BCUT2D eigenvalue weighted by atomic mass is 16.5. The Labute approximate surface area is 122 Å². The van der Waals surface area contributed by atoms with Gasteiger partial charge < -0.3 is 15.4 Å². The molecule has 1 atom stereocenters. The Bertz CT molecular complexity index is 418. The van der Waals surface area contributed by atoms with Crippen molar-refractivity contribution in [3.63, 3.8) is 0 Å². The van der Waals surface area contributed by atoms with Gasteiger partial charge in [-0.1, -0.05) is 26.0 Å². The lowest BCUT2D eigenvalue weighted by Crippen LogP contribution is -2.41. The molecule has 0 aliphatic carbocycles. The quantitative estimate of drug-likeness (QED) is 0.595. The normalized spacial score (nSPS) is 12.9. The highest BCUT2D eigenvalue weighted by Gasteiger charge is 2.03. The Morgan fingerprint density at radius 1 is 1.35 bits per heavy atom. The fourth-order valence-corrected chi connectivity index (χ4v) is 1.68. The molecule has 1 unspecified atom stereocenters. The van der Waals surface area contributed by atoms with Crippen LogP contribution in [0.25, 0.3) is 0 Å². The minimum Gasteiger partial charge on any atom is -0.494 e. The van der Waals surface area contributed by atoms with Gasteiger partial charge in [-0.05, 0) is 37.5 Å². The van der Waals surface area contributed by atoms with E-state index in [9.17, 15) is 0 Å². The van der Waals surface area contributed by atoms with Crippen LogP contribution in [0.1, 0.15) is 39.2 Å². The van der Waals surface area contributed by atoms with E-state index in [1.54, 1.807) is 7.05 Å². The maximum Gasteiger partial charge on any atom is 0.191 e. The summed E-state index contributed by atoms with van der Waals surface area (Å²) in [5.74, 6) is 1.76. The van der Waals surface area contributed by atoms with E-state index in [0.29, 0.717) is 6.04 Å². The van der Waals surface area contributed by atoms with E-state index >= 15 is 0 Å². The van der Waals surface area contributed by atoms with Gasteiger partial charge in [0.15, 0.2) is 5.96 Å². The maximum absolute atomic E-state index is 5.64. The molecule has 1 rings (SSSR count). The fourth-order valence-electron chi connectivity index (χ4n) is 1.68. The SMILES string of the molecule is CCCOc1cccc(CNC(=NC)NC(C)CC)c1. The average molecular weight is 277 g/mol. The van der Waals surface area contributed by atoms with Crippen LogP contribution in [0.5, 0.6) is 5.75 Å². The minimum atomic E-state index is 0.417. The van der Waals surface area contributed by atoms with Crippen LogP contribution in [0, 0.1) is 0 Å². The van der Waals surface area contributed by atoms with Gasteiger partial charge in [0.1, 0.15) is 5.75 Å². The first-order valence-corrected chi connectivity index (χ1v) is 7.38. The molecule has 0 fully saturated rings. The number of aliphatic imine (C=N–C) groups is 1. The van der Waals surface area contributed by atoms with Gasteiger partial charge in [0.25, 0.3) is 0 Å². The summed E-state index contributed by atoms with van der Waals surface area (Å²) in [6, 6.07) is 8.58. The van der Waals surface area contributed by atoms with Crippen molar-refractivity contribution in [1.29, 1.82) is 0 Å². The van der Waals surface area contributed by atoms with Crippen molar-refractivity contribution in [2.75, 3.05) is 13.7 Å². The Morgan fingerprint density at radius 3 is 2.80 bits per heavy atom. The second kappa shape index (κ2) is 9.23. The van der Waals surface area contributed by atoms with E-state index in [2.05, 4.69) is 48.5 Å². The summed E-state index contributed by atoms with van der Waals surface area (Å²) >= 11 is 0. The van der Waals surface area contributed by atoms with Gasteiger partial charge in [-0.2, -0.15) is 0 Å². The zero-order chi connectivity index (χ0) is 14.8. The summed E-state index contributed by atoms with van der Waals surface area (Å²) in [5, 5.41) is 6.66. The first-order chi connectivity index (χ1) is 9.69. The molecule has 4 heteroatoms. The molecule has 0 aromatic heterocycles. The van der Waals surface area contributed by atoms with Crippen molar-refractivity contribution < 1.29 is 4.74 Å². The minimum absolute atomic E-state index is 0.417. The first-order valence-electron chi connectivity index (χ1n) is 7.38. The van der Waals surface area contributed by atoms with Crippen LogP contribution in [-0.4, -0.2) is 25.7 Å². The highest BCUT2D eigenvalue weighted by Crippen LogP contribution is 2.13. The van der Waals surface area contributed by atoms with Crippen molar-refractivity contribution in [2.45, 2.75) is 46.2 Å². The molecule has 20 heavy (non-hydrogen) atoms. The van der Waals surface area contributed by atoms with Gasteiger partial charge in [-0.3, -0.25) is 4.99 Å². The molecule has 0 saturated carbocycles. The highest BCUT2D eigenvalue weighted by molar-refractivity contribution is 5.79. The molecule has 0 bridgehead atoms. The fraction of sp³-hybridized carbons (Fsp3) is 0.562. The van der Waals surface area contributed by atoms with E-state index in [1.165, 1.54) is 5.56 Å². The molecule has 0 spiro atoms. The van der Waals surface area contributed by atoms with E-state index in [1.807, 2.05) is 12.1 Å². The van der Waals surface area contributed by atoms with Crippen LogP contribution in [0.4, 0.5) is 0 Å². The standard InChI is InChI=1S/C16H27N3O/c1-5-10-20-15-9-7-8-14(11-15)12-18-16(17-4)19-13(3)6-2/h7-9,11,13H,5-6,10,12H2,1-4H3,(H2,17,18,19). The largest absolute Gasteiger partial charge is 0.494 e. The average Bonchev–Trinajstić information content (AvgIpc) is 2.49. The van der Waals surface area contributed by atoms with Crippen molar-refractivity contribution in [3.8, 4) is 5.75 Å². The maximum atomic E-state index is 5.64. The van der Waals surface area contributed by atoms with E-state index in [-0.39, 0.29) is 0 Å². The molecule has 1 aromatic carbocycles. The summed E-state index contributed by atoms with van der Waals surface area (Å²) in [7, 11) is 1.79. The predicted molar refractivity (Wildman–Crippen MR) is 85.3 cm³/mol. The number of ether oxygens (including phenoxy) is 1. The molecule has 0 radical (unpaired) electrons. The summed E-state index contributed by atoms with van der Waals surface area (Å²) < 4.78 is 5.64. The third-order valence-electron chi connectivity index (χ3n) is 3.05. The van der Waals surface area contributed by atoms with Crippen molar-refractivity contribution >= 4 is 5.96 Å². The second-order valence-electron chi connectivity index (χ2n) is 4.88. The molecular formula is C16H27N3O. The predicted octanol–water partition coefficient (Wildman–Crippen LogP) is 2.94. The van der Waals surface area contributed by atoms with Crippen molar-refractivity contribution in [2.24, 2.45) is 4.99 Å². The third-order valence-corrected chi connectivity index (χ3v) is 3.05. The third kappa shape index (κ3) is 5.95. The van der Waals surface area contributed by atoms with Gasteiger partial charge >= 0.3 is 0 Å². The summed E-state index contributed by atoms with van der Waals surface area (Å²) in [4.78, 5) is 4.23. The number of benzene rings is 1. The van der Waals surface area contributed by atoms with Crippen LogP contribution < -0.4 is 15.4 Å². The monoisotopic (exact) mass is 277 g/mol. The molecule has 0 amide bonds. The van der Waals surface area contributed by atoms with Crippen LogP contribution in [0.15, 0.2) is 29.3 Å². The number of nitrogens with zero attached hydrogens (tertiary/aromatic N) is 1. The lowest BCUT2D eigenvalue weighted by atomic mass is 10.2. The lowest BCUT2D eigenvalue weighted by Gasteiger charge is -2.16. The molecule has 4 nitrogen and oxygen atoms in total. The molecule has 0 heterocycles. The number of hydrogen-bond acceptors (Lipinski definition) is 2. The van der Waals surface area contributed by atoms with E-state index < -0.39 is 0 Å². The summed E-state index contributed by atoms with van der Waals surface area (Å²) in [5.41, 5.74) is 1.19. The first kappa shape index (κ1) is 16.3. The van der Waals surface area contributed by atoms with Gasteiger partial charge in [-0.25, -0.2) is 0 Å². The van der Waals surface area contributed by atoms with Gasteiger partial charge in [0.2, 0.25) is 0 Å². The topological polar surface area (TPSA) is 45.6 Å². The number of rotatable bonds is 7. The van der Waals surface area contributed by atoms with Crippen LogP contribution in [0.3, 0.4) is 0 Å². The molecule has 1 aromatic rings. The Morgan fingerprint density at radius 2 is 2.15 bits per heavy atom. The number of hydrogen-bond donors (Lipinski definition) is 2. The van der Waals surface area contributed by atoms with Crippen molar-refractivity contribution in [3.05, 3.63) is 29.8 Å². The molecular weight excluding hydrogens is 250 g/mol. The second-order valence-corrected chi connectivity index (χ2v) is 4.88. The van der Waals surface area contributed by atoms with Crippen LogP contribution >= 0.6 is 0 Å². The van der Waals surface area contributed by atoms with Crippen molar-refractivity contribution in [1.82, 2.24) is 10.6 Å². The molecule has 0 aliphatic rings. The molecule has 0 saturated heterocycles. The number of nitrogens with one attached hydrogen (secondary N) is 2. The Hall–Kier alpha value is -1.71. The van der Waals surface area contributed by atoms with Crippen LogP contribution in [0.2, 0.25) is 0 Å². The molecule has 0 aliphatic heterocycles. The van der Waals surface area contributed by atoms with Gasteiger partial charge in [0, 0.05) is 19.6 Å². The number of guanidine groups is 1. The van der Waals surface area contributed by atoms with E-state index in [0.717, 1.165) is 37.7 Å². The Balaban J connectivity index is 2.51. The summed E-state index contributed by atoms with van der Waals surface area (Å²) in [6.07, 6.45) is 2.09. The zero-order valence-electron chi connectivity index (χ0n) is 13.1. The smallest absolute Gasteiger partial charge is 0.191 e. The summed E-state index contributed by atoms with van der Waals surface area (Å²) in [6.45, 7) is 7.90. The Kier molecular flexibility index (Phi) is 7.55. The van der Waals surface area contributed by atoms with Gasteiger partial charge in [0.05, 0.1) is 6.61 Å².